The molecule has 0 fully saturated rings. The Hall–Kier alpha value is -5.60. The molecule has 7 rings (SSSR count). The van der Waals surface area contributed by atoms with Crippen LogP contribution in [-0.2, 0) is 5.54 Å². The third-order valence-corrected chi connectivity index (χ3v) is 8.86. The molecule has 0 saturated carbocycles. The van der Waals surface area contributed by atoms with Crippen LogP contribution in [0.25, 0.3) is 49.6 Å². The van der Waals surface area contributed by atoms with Crippen molar-refractivity contribution in [1.82, 2.24) is 4.57 Å². The molecule has 0 radical (unpaired) electrons. The monoisotopic (exact) mass is 608 g/mol. The van der Waals surface area contributed by atoms with Crippen LogP contribution in [0.5, 0.6) is 0 Å². The molecule has 47 heavy (non-hydrogen) atoms. The molecule has 6 aromatic carbocycles. The van der Waals surface area contributed by atoms with Gasteiger partial charge in [0.1, 0.15) is 0 Å². The standard InChI is InChI=1S/C45H40N2/c1-6-14-32(2)35-17-12-19-39(29-35)46(40-20-13-18-36(30-40)33-15-8-7-9-16-33)38-26-23-34(24-27-38)37-25-28-44-42(31-37)41-21-10-11-22-43(41)47(44)45(3,4)5/h6-31H,2H2,1,3-5H3/b14-6-. The van der Waals surface area contributed by atoms with Gasteiger partial charge in [0.15, 0.2) is 0 Å². The van der Waals surface area contributed by atoms with Gasteiger partial charge in [-0.2, -0.15) is 0 Å². The number of hydrogen-bond donors (Lipinski definition) is 0. The highest BCUT2D eigenvalue weighted by molar-refractivity contribution is 6.09. The number of hydrogen-bond acceptors (Lipinski definition) is 1. The number of allylic oxidation sites excluding steroid dienone is 3. The first-order chi connectivity index (χ1) is 22.8. The van der Waals surface area contributed by atoms with Gasteiger partial charge in [0.2, 0.25) is 0 Å². The predicted octanol–water partition coefficient (Wildman–Crippen LogP) is 12.9. The van der Waals surface area contributed by atoms with Gasteiger partial charge in [-0.05, 0) is 116 Å². The van der Waals surface area contributed by atoms with E-state index in [-0.39, 0.29) is 5.54 Å². The van der Waals surface area contributed by atoms with Gasteiger partial charge in [0.05, 0.1) is 0 Å². The summed E-state index contributed by atoms with van der Waals surface area (Å²) in [6.07, 6.45) is 4.09. The Morgan fingerprint density at radius 2 is 1.15 bits per heavy atom. The van der Waals surface area contributed by atoms with Gasteiger partial charge in [-0.3, -0.25) is 0 Å². The predicted molar refractivity (Wildman–Crippen MR) is 204 cm³/mol. The van der Waals surface area contributed by atoms with E-state index < -0.39 is 0 Å². The summed E-state index contributed by atoms with van der Waals surface area (Å²) < 4.78 is 2.46. The van der Waals surface area contributed by atoms with Crippen LogP contribution in [0.3, 0.4) is 0 Å². The van der Waals surface area contributed by atoms with Crippen molar-refractivity contribution >= 4 is 44.4 Å². The summed E-state index contributed by atoms with van der Waals surface area (Å²) in [7, 11) is 0. The summed E-state index contributed by atoms with van der Waals surface area (Å²) in [6, 6.07) is 52.6. The molecule has 0 aliphatic rings. The van der Waals surface area contributed by atoms with Gasteiger partial charge < -0.3 is 9.47 Å². The zero-order chi connectivity index (χ0) is 32.5. The molecule has 7 aromatic rings. The minimum Gasteiger partial charge on any atom is -0.335 e. The molecule has 0 unspecified atom stereocenters. The lowest BCUT2D eigenvalue weighted by Crippen LogP contribution is -2.21. The molecule has 1 heterocycles. The first-order valence-electron chi connectivity index (χ1n) is 16.3. The van der Waals surface area contributed by atoms with Crippen molar-refractivity contribution in [1.29, 1.82) is 0 Å². The van der Waals surface area contributed by atoms with Crippen molar-refractivity contribution in [2.45, 2.75) is 33.2 Å². The molecule has 0 amide bonds. The third-order valence-electron chi connectivity index (χ3n) is 8.86. The second kappa shape index (κ2) is 12.3. The van der Waals surface area contributed by atoms with Crippen LogP contribution in [0.1, 0.15) is 33.3 Å². The summed E-state index contributed by atoms with van der Waals surface area (Å²) in [5, 5.41) is 2.58. The molecule has 230 valence electrons. The Morgan fingerprint density at radius 3 is 1.89 bits per heavy atom. The number of anilines is 3. The van der Waals surface area contributed by atoms with E-state index in [0.717, 1.165) is 28.2 Å². The number of aromatic nitrogens is 1. The molecule has 0 aliphatic heterocycles. The zero-order valence-electron chi connectivity index (χ0n) is 27.6. The molecular formula is C45H40N2. The van der Waals surface area contributed by atoms with Crippen LogP contribution in [0.15, 0.2) is 164 Å². The molecule has 0 N–H and O–H groups in total. The summed E-state index contributed by atoms with van der Waals surface area (Å²) in [5.74, 6) is 0. The van der Waals surface area contributed by atoms with Crippen LogP contribution in [0, 0.1) is 0 Å². The van der Waals surface area contributed by atoms with Crippen LogP contribution < -0.4 is 4.90 Å². The van der Waals surface area contributed by atoms with Crippen molar-refractivity contribution < 1.29 is 0 Å². The number of rotatable bonds is 7. The van der Waals surface area contributed by atoms with Crippen LogP contribution in [-0.4, -0.2) is 4.57 Å². The maximum atomic E-state index is 4.31. The molecule has 1 aromatic heterocycles. The maximum Gasteiger partial charge on any atom is 0.0496 e. The van der Waals surface area contributed by atoms with Gasteiger partial charge in [-0.1, -0.05) is 110 Å². The topological polar surface area (TPSA) is 8.17 Å². The molecule has 0 atom stereocenters. The SMILES string of the molecule is C=C(/C=C\C)c1cccc(N(c2ccc(-c3ccc4c(c3)c3ccccc3n4C(C)(C)C)cc2)c2cccc(-c3ccccc3)c2)c1. The third kappa shape index (κ3) is 5.79. The highest BCUT2D eigenvalue weighted by Gasteiger charge is 2.21. The van der Waals surface area contributed by atoms with Gasteiger partial charge >= 0.3 is 0 Å². The van der Waals surface area contributed by atoms with Gasteiger partial charge in [-0.25, -0.2) is 0 Å². The number of fused-ring (bicyclic) bond motifs is 3. The smallest absolute Gasteiger partial charge is 0.0496 e. The highest BCUT2D eigenvalue weighted by atomic mass is 15.1. The maximum absolute atomic E-state index is 4.31. The lowest BCUT2D eigenvalue weighted by atomic mass is 10.0. The van der Waals surface area contributed by atoms with E-state index in [1.807, 2.05) is 13.0 Å². The highest BCUT2D eigenvalue weighted by Crippen LogP contribution is 2.40. The summed E-state index contributed by atoms with van der Waals surface area (Å²) in [6.45, 7) is 13.2. The summed E-state index contributed by atoms with van der Waals surface area (Å²) in [5.41, 5.74) is 12.7. The average Bonchev–Trinajstić information content (AvgIpc) is 3.44. The lowest BCUT2D eigenvalue weighted by molar-refractivity contribution is 0.423. The lowest BCUT2D eigenvalue weighted by Gasteiger charge is -2.27. The van der Waals surface area contributed by atoms with Crippen molar-refractivity contribution in [3.63, 3.8) is 0 Å². The normalized spacial score (nSPS) is 11.8. The molecule has 2 heteroatoms. The van der Waals surface area contributed by atoms with E-state index in [1.54, 1.807) is 0 Å². The number of benzene rings is 6. The average molecular weight is 609 g/mol. The fraction of sp³-hybridized carbons (Fsp3) is 0.111. The van der Waals surface area contributed by atoms with Crippen molar-refractivity contribution in [3.05, 3.63) is 170 Å². The van der Waals surface area contributed by atoms with Crippen LogP contribution >= 0.6 is 0 Å². The largest absolute Gasteiger partial charge is 0.335 e. The fourth-order valence-corrected chi connectivity index (χ4v) is 6.72. The van der Waals surface area contributed by atoms with E-state index >= 15 is 0 Å². The van der Waals surface area contributed by atoms with Crippen LogP contribution in [0.4, 0.5) is 17.1 Å². The summed E-state index contributed by atoms with van der Waals surface area (Å²) in [4.78, 5) is 2.34. The molecule has 2 nitrogen and oxygen atoms in total. The van der Waals surface area contributed by atoms with E-state index in [0.29, 0.717) is 0 Å². The molecule has 0 bridgehead atoms. The Morgan fingerprint density at radius 1 is 0.553 bits per heavy atom. The van der Waals surface area contributed by atoms with E-state index in [4.69, 9.17) is 0 Å². The second-order valence-corrected chi connectivity index (χ2v) is 13.1. The van der Waals surface area contributed by atoms with Crippen LogP contribution in [0.2, 0.25) is 0 Å². The molecular weight excluding hydrogens is 569 g/mol. The Bertz CT molecular complexity index is 2240. The number of para-hydroxylation sites is 1. The van der Waals surface area contributed by atoms with E-state index in [9.17, 15) is 0 Å². The first-order valence-corrected chi connectivity index (χ1v) is 16.3. The Kier molecular flexibility index (Phi) is 7.87. The minimum atomic E-state index is -0.0255. The minimum absolute atomic E-state index is 0.0255. The van der Waals surface area contributed by atoms with Crippen molar-refractivity contribution in [2.75, 3.05) is 4.90 Å². The van der Waals surface area contributed by atoms with Crippen molar-refractivity contribution in [2.24, 2.45) is 0 Å². The van der Waals surface area contributed by atoms with Gasteiger partial charge in [0.25, 0.3) is 0 Å². The fourth-order valence-electron chi connectivity index (χ4n) is 6.72. The summed E-state index contributed by atoms with van der Waals surface area (Å²) >= 11 is 0. The molecule has 0 spiro atoms. The quantitative estimate of drug-likeness (QED) is 0.163. The van der Waals surface area contributed by atoms with E-state index in [1.165, 1.54) is 44.1 Å². The second-order valence-electron chi connectivity index (χ2n) is 13.1. The van der Waals surface area contributed by atoms with Crippen molar-refractivity contribution in [3.8, 4) is 22.3 Å². The van der Waals surface area contributed by atoms with E-state index in [2.05, 4.69) is 188 Å². The molecule has 0 saturated heterocycles. The number of nitrogens with zero attached hydrogens (tertiary/aromatic N) is 2. The Balaban J connectivity index is 1.33. The first kappa shape index (κ1) is 30.1. The van der Waals surface area contributed by atoms with Gasteiger partial charge in [-0.15, -0.1) is 0 Å². The van der Waals surface area contributed by atoms with Gasteiger partial charge in [0, 0.05) is 44.4 Å². The Labute approximate surface area is 278 Å². The molecule has 0 aliphatic carbocycles. The zero-order valence-corrected chi connectivity index (χ0v) is 27.6.